The first kappa shape index (κ1) is 33.4. The van der Waals surface area contributed by atoms with Crippen LogP contribution in [-0.2, 0) is 18.9 Å². The van der Waals surface area contributed by atoms with Crippen molar-refractivity contribution in [3.05, 3.63) is 0 Å². The van der Waals surface area contributed by atoms with Crippen LogP contribution in [-0.4, -0.2) is 150 Å². The summed E-state index contributed by atoms with van der Waals surface area (Å²) in [5.74, 6) is -0.290. The first-order valence-electron chi connectivity index (χ1n) is 13.7. The van der Waals surface area contributed by atoms with E-state index in [1.165, 1.54) is 6.92 Å². The molecule has 13 atom stereocenters. The summed E-state index contributed by atoms with van der Waals surface area (Å²) in [6.07, 6.45) is -7.67. The fraction of sp³-hybridized carbons (Fsp3) is 0.958. The van der Waals surface area contributed by atoms with Crippen LogP contribution in [0.4, 0.5) is 4.39 Å². The predicted octanol–water partition coefficient (Wildman–Crippen LogP) is -4.62. The Morgan fingerprint density at radius 3 is 2.50 bits per heavy atom. The van der Waals surface area contributed by atoms with Crippen LogP contribution >= 0.6 is 0 Å². The molecule has 1 saturated carbocycles. The number of nitrogens with two attached hydrogens (primary N) is 3. The largest absolute Gasteiger partial charge is 0.393 e. The van der Waals surface area contributed by atoms with Crippen LogP contribution < -0.4 is 27.8 Å². The summed E-state index contributed by atoms with van der Waals surface area (Å²) in [5.41, 5.74) is 17.1. The quantitative estimate of drug-likeness (QED) is 0.0590. The Morgan fingerprint density at radius 1 is 1.15 bits per heavy atom. The van der Waals surface area contributed by atoms with Gasteiger partial charge in [0, 0.05) is 19.1 Å². The number of hydrogen-bond acceptors (Lipinski definition) is 14. The number of likely N-dealkylation sites (N-methyl/N-ethyl adjacent to an activating group) is 1. The molecule has 40 heavy (non-hydrogen) atoms. The van der Waals surface area contributed by atoms with Crippen molar-refractivity contribution in [1.82, 2.24) is 10.6 Å². The molecule has 0 spiro atoms. The molecule has 0 aromatic heterocycles. The summed E-state index contributed by atoms with van der Waals surface area (Å²) in [5, 5.41) is 58.0. The summed E-state index contributed by atoms with van der Waals surface area (Å²) in [6, 6.07) is -3.05. The van der Waals surface area contributed by atoms with Gasteiger partial charge in [-0.05, 0) is 33.2 Å². The van der Waals surface area contributed by atoms with Crippen LogP contribution in [0, 0.1) is 0 Å². The standard InChI is InChI=1S/C24H47FN6O9/c1-24(36)10-37-23(17(35)20(24)29-2)40-19-14(31-21(28)15(33)9-32)7-13(27)18(16(19)34)39-22-12(26)4-3-11(38-22)8-30-6-5-25/h11-20,22-23,29-30,32-36H,3-10,26-27H2,1-2H3,(H2,28,31)/t11-,12+,13-,14+,15?,16-,17+,18+,19-,20+,22+,23+,24-/m0/s1. The summed E-state index contributed by atoms with van der Waals surface area (Å²) in [6.45, 7) is 0.742. The van der Waals surface area contributed by atoms with E-state index in [9.17, 15) is 29.9 Å². The highest BCUT2D eigenvalue weighted by Crippen LogP contribution is 2.33. The lowest BCUT2D eigenvalue weighted by Crippen LogP contribution is -2.67. The molecule has 1 unspecified atom stereocenters. The van der Waals surface area contributed by atoms with Crippen molar-refractivity contribution in [3.8, 4) is 0 Å². The molecular weight excluding hydrogens is 535 g/mol. The van der Waals surface area contributed by atoms with Gasteiger partial charge in [-0.25, -0.2) is 4.39 Å². The van der Waals surface area contributed by atoms with Gasteiger partial charge in [-0.15, -0.1) is 0 Å². The Kier molecular flexibility index (Phi) is 12.4. The minimum Gasteiger partial charge on any atom is -0.393 e. The second kappa shape index (κ2) is 14.9. The smallest absolute Gasteiger partial charge is 0.185 e. The fourth-order valence-electron chi connectivity index (χ4n) is 5.43. The van der Waals surface area contributed by atoms with E-state index in [1.54, 1.807) is 7.05 Å². The van der Waals surface area contributed by atoms with E-state index >= 15 is 0 Å². The highest BCUT2D eigenvalue weighted by atomic mass is 19.1. The van der Waals surface area contributed by atoms with Crippen LogP contribution in [0.5, 0.6) is 0 Å². The third kappa shape index (κ3) is 8.03. The molecule has 13 N–H and O–H groups in total. The van der Waals surface area contributed by atoms with E-state index in [2.05, 4.69) is 15.6 Å². The molecule has 0 radical (unpaired) electrons. The maximum absolute atomic E-state index is 12.5. The first-order valence-corrected chi connectivity index (χ1v) is 13.7. The molecule has 234 valence electrons. The molecule has 3 aliphatic rings. The third-order valence-corrected chi connectivity index (χ3v) is 7.68. The molecule has 0 bridgehead atoms. The van der Waals surface area contributed by atoms with Crippen LogP contribution in [0.2, 0.25) is 0 Å². The van der Waals surface area contributed by atoms with E-state index in [0.717, 1.165) is 0 Å². The van der Waals surface area contributed by atoms with E-state index in [-0.39, 0.29) is 31.5 Å². The van der Waals surface area contributed by atoms with Gasteiger partial charge in [-0.1, -0.05) is 0 Å². The van der Waals surface area contributed by atoms with E-state index in [0.29, 0.717) is 19.4 Å². The number of nitrogens with one attached hydrogen (secondary N) is 2. The maximum Gasteiger partial charge on any atom is 0.185 e. The van der Waals surface area contributed by atoms with Gasteiger partial charge in [0.05, 0.1) is 37.4 Å². The number of rotatable bonds is 12. The minimum absolute atomic E-state index is 0.0741. The second-order valence-electron chi connectivity index (χ2n) is 11.0. The summed E-state index contributed by atoms with van der Waals surface area (Å²) >= 11 is 0. The minimum atomic E-state index is -1.44. The highest BCUT2D eigenvalue weighted by molar-refractivity contribution is 5.84. The fourth-order valence-corrected chi connectivity index (χ4v) is 5.43. The van der Waals surface area contributed by atoms with Gasteiger partial charge in [0.15, 0.2) is 12.6 Å². The molecule has 3 fully saturated rings. The van der Waals surface area contributed by atoms with Gasteiger partial charge < -0.3 is 72.3 Å². The maximum atomic E-state index is 12.5. The Morgan fingerprint density at radius 2 is 1.85 bits per heavy atom. The average Bonchev–Trinajstić information content (AvgIpc) is 2.91. The summed E-state index contributed by atoms with van der Waals surface area (Å²) < 4.78 is 36.3. The Balaban J connectivity index is 1.81. The van der Waals surface area contributed by atoms with Crippen LogP contribution in [0.3, 0.4) is 0 Å². The van der Waals surface area contributed by atoms with Gasteiger partial charge in [0.2, 0.25) is 0 Å². The SMILES string of the molecule is CN[C@@H]1[C@@H](O)[C@@H](O[C@@H]2[C@@H](O)[C@H](O[C@H]3O[C@H](CNCCF)CC[C@H]3N)[C@@H](N)C[C@H]2N=C(N)C(O)CO)OC[C@]1(C)O. The van der Waals surface area contributed by atoms with Crippen molar-refractivity contribution in [2.45, 2.75) is 105 Å². The van der Waals surface area contributed by atoms with Gasteiger partial charge in [0.1, 0.15) is 48.6 Å². The van der Waals surface area contributed by atoms with Crippen LogP contribution in [0.25, 0.3) is 0 Å². The zero-order chi connectivity index (χ0) is 29.6. The van der Waals surface area contributed by atoms with Gasteiger partial charge in [0.25, 0.3) is 0 Å². The molecule has 2 aliphatic heterocycles. The van der Waals surface area contributed by atoms with E-state index in [1.807, 2.05) is 0 Å². The van der Waals surface area contributed by atoms with E-state index < -0.39 is 86.1 Å². The van der Waals surface area contributed by atoms with Crippen LogP contribution in [0.1, 0.15) is 26.2 Å². The molecule has 15 nitrogen and oxygen atoms in total. The molecule has 2 saturated heterocycles. The number of ether oxygens (including phenoxy) is 4. The van der Waals surface area contributed by atoms with Gasteiger partial charge >= 0.3 is 0 Å². The zero-order valence-electron chi connectivity index (χ0n) is 23.0. The first-order chi connectivity index (χ1) is 18.9. The van der Waals surface area contributed by atoms with Crippen molar-refractivity contribution in [1.29, 1.82) is 0 Å². The number of hydrogen-bond donors (Lipinski definition) is 10. The number of aliphatic hydroxyl groups excluding tert-OH is 4. The molecule has 0 aromatic rings. The molecule has 0 amide bonds. The van der Waals surface area contributed by atoms with Gasteiger partial charge in [-0.2, -0.15) is 0 Å². The zero-order valence-corrected chi connectivity index (χ0v) is 23.0. The lowest BCUT2D eigenvalue weighted by Gasteiger charge is -2.48. The Bertz CT molecular complexity index is 817. The van der Waals surface area contributed by atoms with Crippen molar-refractivity contribution in [2.24, 2.45) is 22.2 Å². The Hall–Kier alpha value is -1.12. The topological polar surface area (TPSA) is 253 Å². The van der Waals surface area contributed by atoms with Gasteiger partial charge in [-0.3, -0.25) is 4.99 Å². The number of aliphatic hydroxyl groups is 5. The molecular formula is C24H47FN6O9. The van der Waals surface area contributed by atoms with Crippen molar-refractivity contribution in [2.75, 3.05) is 40.0 Å². The van der Waals surface area contributed by atoms with E-state index in [4.69, 9.17) is 36.1 Å². The third-order valence-electron chi connectivity index (χ3n) is 7.68. The molecule has 1 aliphatic carbocycles. The van der Waals surface area contributed by atoms with Crippen molar-refractivity contribution in [3.63, 3.8) is 0 Å². The number of amidine groups is 1. The van der Waals surface area contributed by atoms with Crippen molar-refractivity contribution >= 4 is 5.84 Å². The molecule has 16 heteroatoms. The number of nitrogens with zero attached hydrogens (tertiary/aromatic N) is 1. The summed E-state index contributed by atoms with van der Waals surface area (Å²) in [7, 11) is 1.57. The second-order valence-corrected chi connectivity index (χ2v) is 11.0. The number of alkyl halides is 1. The highest BCUT2D eigenvalue weighted by Gasteiger charge is 2.51. The predicted molar refractivity (Wildman–Crippen MR) is 141 cm³/mol. The number of aliphatic imine (C=N–C) groups is 1. The lowest BCUT2D eigenvalue weighted by molar-refractivity contribution is -0.306. The monoisotopic (exact) mass is 582 g/mol. The lowest BCUT2D eigenvalue weighted by atomic mass is 9.83. The molecule has 0 aromatic carbocycles. The molecule has 3 rings (SSSR count). The summed E-state index contributed by atoms with van der Waals surface area (Å²) in [4.78, 5) is 4.26. The number of halogens is 1. The average molecular weight is 583 g/mol. The van der Waals surface area contributed by atoms with Crippen molar-refractivity contribution < 1.29 is 48.9 Å². The normalized spacial score (nSPS) is 44.0. The Labute approximate surface area is 233 Å². The van der Waals surface area contributed by atoms with Crippen LogP contribution in [0.15, 0.2) is 4.99 Å². The molecule has 2 heterocycles.